The number of likely N-dealkylation sites (tertiary alicyclic amines) is 1. The molecule has 1 fully saturated rings. The summed E-state index contributed by atoms with van der Waals surface area (Å²) in [4.78, 5) is 18.7. The minimum atomic E-state index is -1.36. The first-order chi connectivity index (χ1) is 18.9. The van der Waals surface area contributed by atoms with Gasteiger partial charge >= 0.3 is 5.97 Å². The number of methoxy groups -OCH3 is 2. The van der Waals surface area contributed by atoms with E-state index in [1.807, 2.05) is 6.07 Å². The molecule has 2 aromatic rings. The maximum Gasteiger partial charge on any atom is 0.325 e. The molecule has 0 saturated carbocycles. The third kappa shape index (κ3) is 6.61. The lowest BCUT2D eigenvalue weighted by Crippen LogP contribution is -2.34. The molecule has 10 heteroatoms. The maximum absolute atomic E-state index is 15.2. The van der Waals surface area contributed by atoms with Gasteiger partial charge in [0.25, 0.3) is 0 Å². The predicted molar refractivity (Wildman–Crippen MR) is 144 cm³/mol. The summed E-state index contributed by atoms with van der Waals surface area (Å²) >= 11 is 0. The van der Waals surface area contributed by atoms with Gasteiger partial charge in [-0.1, -0.05) is 13.3 Å². The highest BCUT2D eigenvalue weighted by Gasteiger charge is 2.39. The highest BCUT2D eigenvalue weighted by molar-refractivity contribution is 5.77. The van der Waals surface area contributed by atoms with Gasteiger partial charge in [0.15, 0.2) is 11.6 Å². The summed E-state index contributed by atoms with van der Waals surface area (Å²) in [6, 6.07) is 1.75. The number of ether oxygens (including phenoxy) is 3. The van der Waals surface area contributed by atoms with Crippen LogP contribution < -0.4 is 14.8 Å². The fraction of sp³-hybridized carbons (Fsp3) is 0.586. The number of fused-ring (bicyclic) bond motifs is 1. The van der Waals surface area contributed by atoms with Crippen molar-refractivity contribution < 1.29 is 32.9 Å². The summed E-state index contributed by atoms with van der Waals surface area (Å²) in [5, 5.41) is 13.4. The topological polar surface area (TPSA) is 93.2 Å². The molecule has 0 amide bonds. The summed E-state index contributed by atoms with van der Waals surface area (Å²) < 4.78 is 46.6. The van der Waals surface area contributed by atoms with Gasteiger partial charge in [0.1, 0.15) is 23.4 Å². The van der Waals surface area contributed by atoms with Gasteiger partial charge in [-0.15, -0.1) is 0 Å². The number of anilines is 1. The van der Waals surface area contributed by atoms with Crippen LogP contribution in [-0.2, 0) is 28.8 Å². The third-order valence-corrected chi connectivity index (χ3v) is 7.60. The van der Waals surface area contributed by atoms with Crippen LogP contribution in [0.4, 0.5) is 14.6 Å². The predicted octanol–water partition coefficient (Wildman–Crippen LogP) is 4.93. The van der Waals surface area contributed by atoms with Crippen molar-refractivity contribution in [1.82, 2.24) is 9.88 Å². The van der Waals surface area contributed by atoms with Crippen molar-refractivity contribution in [1.29, 1.82) is 0 Å². The van der Waals surface area contributed by atoms with Crippen molar-refractivity contribution >= 4 is 11.8 Å². The number of pyridine rings is 1. The minimum absolute atomic E-state index is 0.127. The molecule has 0 bridgehead atoms. The molecule has 1 aromatic heterocycles. The Morgan fingerprint density at radius 3 is 2.77 bits per heavy atom. The number of halogens is 2. The van der Waals surface area contributed by atoms with E-state index < -0.39 is 23.6 Å². The van der Waals surface area contributed by atoms with Gasteiger partial charge in [-0.2, -0.15) is 0 Å². The highest BCUT2D eigenvalue weighted by Crippen LogP contribution is 2.38. The Labute approximate surface area is 228 Å². The zero-order valence-electron chi connectivity index (χ0n) is 23.0. The quantitative estimate of drug-likeness (QED) is 0.341. The minimum Gasteiger partial charge on any atom is -0.496 e. The van der Waals surface area contributed by atoms with E-state index in [-0.39, 0.29) is 29.4 Å². The molecule has 8 nitrogen and oxygen atoms in total. The Morgan fingerprint density at radius 2 is 2.05 bits per heavy atom. The average Bonchev–Trinajstić information content (AvgIpc) is 3.40. The summed E-state index contributed by atoms with van der Waals surface area (Å²) in [5.74, 6) is -1.26. The summed E-state index contributed by atoms with van der Waals surface area (Å²) in [6.07, 6.45) is 6.40. The fourth-order valence-electron chi connectivity index (χ4n) is 5.58. The molecule has 214 valence electrons. The van der Waals surface area contributed by atoms with Crippen LogP contribution in [0.15, 0.2) is 12.1 Å². The van der Waals surface area contributed by atoms with Crippen LogP contribution in [0.5, 0.6) is 11.5 Å². The Balaban J connectivity index is 1.28. The molecule has 4 rings (SSSR count). The molecular formula is C29H39F2N3O5. The van der Waals surface area contributed by atoms with Gasteiger partial charge in [-0.25, -0.2) is 13.8 Å². The van der Waals surface area contributed by atoms with E-state index in [0.29, 0.717) is 26.1 Å². The van der Waals surface area contributed by atoms with Crippen molar-refractivity contribution in [2.75, 3.05) is 45.8 Å². The average molecular weight is 548 g/mol. The molecule has 0 unspecified atom stereocenters. The molecule has 0 spiro atoms. The van der Waals surface area contributed by atoms with Crippen molar-refractivity contribution in [3.63, 3.8) is 0 Å². The number of aliphatic carboxylic acids is 1. The second-order valence-corrected chi connectivity index (χ2v) is 10.1. The molecule has 0 aliphatic carbocycles. The van der Waals surface area contributed by atoms with Crippen LogP contribution in [0.1, 0.15) is 67.5 Å². The van der Waals surface area contributed by atoms with E-state index in [2.05, 4.69) is 5.32 Å². The number of carboxylic acid groups (broad SMARTS) is 1. The second-order valence-electron chi connectivity index (χ2n) is 10.1. The van der Waals surface area contributed by atoms with Crippen LogP contribution >= 0.6 is 0 Å². The summed E-state index contributed by atoms with van der Waals surface area (Å²) in [6.45, 7) is 3.91. The molecule has 1 saturated heterocycles. The van der Waals surface area contributed by atoms with E-state index in [1.54, 1.807) is 18.9 Å². The lowest BCUT2D eigenvalue weighted by molar-refractivity contribution is -0.143. The fourth-order valence-corrected chi connectivity index (χ4v) is 5.58. The van der Waals surface area contributed by atoms with E-state index in [1.165, 1.54) is 7.11 Å². The molecular weight excluding hydrogens is 508 g/mol. The van der Waals surface area contributed by atoms with Crippen LogP contribution in [0, 0.1) is 11.6 Å². The molecule has 39 heavy (non-hydrogen) atoms. The van der Waals surface area contributed by atoms with Crippen LogP contribution in [-0.4, -0.2) is 67.5 Å². The number of hydrogen-bond donors (Lipinski definition) is 2. The number of unbranched alkanes of at least 4 members (excludes halogenated alkanes) is 2. The van der Waals surface area contributed by atoms with Gasteiger partial charge in [-0.05, 0) is 56.6 Å². The standard InChI is InChI=1S/C29H39F2N3O5/c1-4-18-15-22(30)27(38-3)24(25(18)31)26(29(35)36)34-13-11-20(17-34)39-14-7-5-6-9-19-16-23(37-2)21-10-8-12-32-28(21)33-19/h15-16,20,26H,4-14,17H2,1-3H3,(H,32,33)(H,35,36)/t20-,26-/m1/s1. The largest absolute Gasteiger partial charge is 0.496 e. The number of benzene rings is 1. The smallest absolute Gasteiger partial charge is 0.325 e. The van der Waals surface area contributed by atoms with Crippen molar-refractivity contribution in [2.24, 2.45) is 0 Å². The summed E-state index contributed by atoms with van der Waals surface area (Å²) in [7, 11) is 2.92. The number of aryl methyl sites for hydroxylation is 2. The highest BCUT2D eigenvalue weighted by atomic mass is 19.1. The third-order valence-electron chi connectivity index (χ3n) is 7.60. The van der Waals surface area contributed by atoms with Gasteiger partial charge in [0.05, 0.1) is 25.9 Å². The Hall–Kier alpha value is -2.98. The van der Waals surface area contributed by atoms with Gasteiger partial charge < -0.3 is 24.6 Å². The van der Waals surface area contributed by atoms with Gasteiger partial charge in [0, 0.05) is 43.6 Å². The number of hydrogen-bond acceptors (Lipinski definition) is 7. The van der Waals surface area contributed by atoms with Gasteiger partial charge in [0.2, 0.25) is 0 Å². The SMILES string of the molecule is CCc1cc(F)c(OC)c([C@H](C(=O)O)N2CC[C@@H](OCCCCCc3cc(OC)c4c(n3)NCCC4)C2)c1F. The molecule has 2 atom stereocenters. The van der Waals surface area contributed by atoms with Crippen LogP contribution in [0.3, 0.4) is 0 Å². The van der Waals surface area contributed by atoms with Crippen molar-refractivity contribution in [3.05, 3.63) is 46.2 Å². The molecule has 3 heterocycles. The number of nitrogens with zero attached hydrogens (tertiary/aromatic N) is 2. The monoisotopic (exact) mass is 547 g/mol. The molecule has 2 aliphatic rings. The summed E-state index contributed by atoms with van der Waals surface area (Å²) in [5.41, 5.74) is 2.03. The molecule has 2 aliphatic heterocycles. The Kier molecular flexibility index (Phi) is 9.96. The Bertz CT molecular complexity index is 1150. The lowest BCUT2D eigenvalue weighted by atomic mass is 9.98. The van der Waals surface area contributed by atoms with Crippen molar-refractivity contribution in [3.8, 4) is 11.5 Å². The first-order valence-electron chi connectivity index (χ1n) is 13.8. The molecule has 1 aromatic carbocycles. The molecule has 0 radical (unpaired) electrons. The number of rotatable bonds is 13. The van der Waals surface area contributed by atoms with Gasteiger partial charge in [-0.3, -0.25) is 9.69 Å². The normalized spacial score (nSPS) is 17.9. The number of carboxylic acids is 1. The second kappa shape index (κ2) is 13.4. The first kappa shape index (κ1) is 29.0. The molecule has 2 N–H and O–H groups in total. The first-order valence-corrected chi connectivity index (χ1v) is 13.8. The zero-order chi connectivity index (χ0) is 27.9. The number of carbonyl (C=O) groups is 1. The van der Waals surface area contributed by atoms with Crippen LogP contribution in [0.2, 0.25) is 0 Å². The van der Waals surface area contributed by atoms with E-state index in [9.17, 15) is 14.3 Å². The van der Waals surface area contributed by atoms with Crippen molar-refractivity contribution in [2.45, 2.75) is 70.4 Å². The Morgan fingerprint density at radius 1 is 1.23 bits per heavy atom. The van der Waals surface area contributed by atoms with Crippen LogP contribution in [0.25, 0.3) is 0 Å². The van der Waals surface area contributed by atoms with E-state index in [0.717, 1.165) is 74.0 Å². The lowest BCUT2D eigenvalue weighted by Gasteiger charge is -2.27. The zero-order valence-corrected chi connectivity index (χ0v) is 23.0. The van der Waals surface area contributed by atoms with E-state index >= 15 is 4.39 Å². The number of nitrogens with one attached hydrogen (secondary N) is 1. The van der Waals surface area contributed by atoms with E-state index in [4.69, 9.17) is 19.2 Å². The maximum atomic E-state index is 15.2. The number of aromatic nitrogens is 1.